The molecule has 0 saturated carbocycles. The van der Waals surface area contributed by atoms with E-state index in [2.05, 4.69) is 4.99 Å². The summed E-state index contributed by atoms with van der Waals surface area (Å²) < 4.78 is 11.5. The maximum Gasteiger partial charge on any atom is 0.270 e. The molecule has 2 aromatic carbocycles. The Hall–Kier alpha value is -3.09. The van der Waals surface area contributed by atoms with Crippen LogP contribution < -0.4 is 9.47 Å². The lowest BCUT2D eigenvalue weighted by molar-refractivity contribution is -0.384. The number of phenolic OH excluding ortho intramolecular Hbond substituents is 1. The molecule has 0 spiro atoms. The van der Waals surface area contributed by atoms with Crippen molar-refractivity contribution in [3.8, 4) is 17.2 Å². The van der Waals surface area contributed by atoms with Gasteiger partial charge in [0, 0.05) is 41.5 Å². The lowest BCUT2D eigenvalue weighted by Gasteiger charge is -2.11. The summed E-state index contributed by atoms with van der Waals surface area (Å²) in [6.07, 6.45) is 2.41. The molecular weight excluding hydrogens is 336 g/mol. The van der Waals surface area contributed by atoms with Crippen LogP contribution in [0.3, 0.4) is 0 Å². The smallest absolute Gasteiger partial charge is 0.270 e. The Balaban J connectivity index is 1.83. The van der Waals surface area contributed by atoms with E-state index in [4.69, 9.17) is 9.47 Å². The van der Waals surface area contributed by atoms with Gasteiger partial charge < -0.3 is 14.6 Å². The van der Waals surface area contributed by atoms with E-state index < -0.39 is 4.92 Å². The van der Waals surface area contributed by atoms with Crippen molar-refractivity contribution in [3.05, 3.63) is 57.1 Å². The summed E-state index contributed by atoms with van der Waals surface area (Å²) in [7, 11) is 0. The summed E-state index contributed by atoms with van der Waals surface area (Å²) in [6.45, 7) is 4.78. The van der Waals surface area contributed by atoms with E-state index in [1.165, 1.54) is 24.4 Å². The molecule has 0 radical (unpaired) electrons. The third kappa shape index (κ3) is 3.77. The fourth-order valence-electron chi connectivity index (χ4n) is 2.90. The van der Waals surface area contributed by atoms with Gasteiger partial charge >= 0.3 is 0 Å². The van der Waals surface area contributed by atoms with Gasteiger partial charge in [-0.05, 0) is 32.0 Å². The monoisotopic (exact) mass is 356 g/mol. The number of non-ortho nitro benzene ring substituents is 1. The topological polar surface area (TPSA) is 94.2 Å². The van der Waals surface area contributed by atoms with Gasteiger partial charge in [-0.25, -0.2) is 0 Å². The first-order valence-electron chi connectivity index (χ1n) is 8.40. The van der Waals surface area contributed by atoms with Gasteiger partial charge in [-0.2, -0.15) is 0 Å². The zero-order valence-electron chi connectivity index (χ0n) is 14.6. The molecule has 1 N–H and O–H groups in total. The van der Waals surface area contributed by atoms with Crippen molar-refractivity contribution in [2.75, 3.05) is 6.61 Å². The van der Waals surface area contributed by atoms with Crippen LogP contribution in [-0.4, -0.2) is 29.0 Å². The largest absolute Gasteiger partial charge is 0.507 e. The minimum absolute atomic E-state index is 0.0597. The Morgan fingerprint density at radius 3 is 2.96 bits per heavy atom. The minimum Gasteiger partial charge on any atom is -0.507 e. The normalized spacial score (nSPS) is 15.7. The van der Waals surface area contributed by atoms with E-state index in [1.807, 2.05) is 26.0 Å². The molecule has 1 heterocycles. The van der Waals surface area contributed by atoms with Gasteiger partial charge in [-0.3, -0.25) is 15.1 Å². The zero-order valence-corrected chi connectivity index (χ0v) is 14.6. The SMILES string of the molecule is CCOc1cc2c(cc1CN=Cc1cc([N+](=O)[O-])ccc1O)O[C@H](C)C2. The fourth-order valence-corrected chi connectivity index (χ4v) is 2.90. The molecule has 1 aliphatic heterocycles. The molecule has 0 aliphatic carbocycles. The summed E-state index contributed by atoms with van der Waals surface area (Å²) in [6, 6.07) is 7.73. The van der Waals surface area contributed by atoms with Crippen LogP contribution >= 0.6 is 0 Å². The number of hydrogen-bond donors (Lipinski definition) is 1. The molecule has 0 saturated heterocycles. The van der Waals surface area contributed by atoms with E-state index in [-0.39, 0.29) is 17.5 Å². The summed E-state index contributed by atoms with van der Waals surface area (Å²) in [5, 5.41) is 20.7. The van der Waals surface area contributed by atoms with E-state index >= 15 is 0 Å². The highest BCUT2D eigenvalue weighted by Gasteiger charge is 2.21. The zero-order chi connectivity index (χ0) is 18.7. The van der Waals surface area contributed by atoms with Crippen molar-refractivity contribution in [1.29, 1.82) is 0 Å². The Morgan fingerprint density at radius 1 is 1.42 bits per heavy atom. The molecule has 136 valence electrons. The first kappa shape index (κ1) is 17.7. The quantitative estimate of drug-likeness (QED) is 0.484. The van der Waals surface area contributed by atoms with Gasteiger partial charge in [0.2, 0.25) is 0 Å². The lowest BCUT2D eigenvalue weighted by atomic mass is 10.1. The van der Waals surface area contributed by atoms with Crippen LogP contribution in [0.2, 0.25) is 0 Å². The van der Waals surface area contributed by atoms with Gasteiger partial charge in [0.1, 0.15) is 23.4 Å². The number of nitro groups is 1. The maximum atomic E-state index is 10.9. The van der Waals surface area contributed by atoms with Crippen molar-refractivity contribution in [2.24, 2.45) is 4.99 Å². The van der Waals surface area contributed by atoms with E-state index in [0.29, 0.717) is 18.7 Å². The van der Waals surface area contributed by atoms with E-state index in [9.17, 15) is 15.2 Å². The van der Waals surface area contributed by atoms with Crippen molar-refractivity contribution < 1.29 is 19.5 Å². The standard InChI is InChI=1S/C19H20N2O5/c1-3-25-18-8-13-6-12(2)26-19(13)9-15(18)11-20-10-14-7-16(21(23)24)4-5-17(14)22/h4-5,7-10,12,22H,3,6,11H2,1-2H3/t12-/m1/s1. The molecule has 7 nitrogen and oxygen atoms in total. The number of ether oxygens (including phenoxy) is 2. The van der Waals surface area contributed by atoms with Crippen molar-refractivity contribution in [3.63, 3.8) is 0 Å². The second-order valence-electron chi connectivity index (χ2n) is 6.10. The van der Waals surface area contributed by atoms with Crippen LogP contribution in [0, 0.1) is 10.1 Å². The number of rotatable bonds is 6. The number of nitrogens with zero attached hydrogens (tertiary/aromatic N) is 2. The van der Waals surface area contributed by atoms with Gasteiger partial charge in [0.25, 0.3) is 5.69 Å². The van der Waals surface area contributed by atoms with Crippen LogP contribution in [0.1, 0.15) is 30.5 Å². The number of aromatic hydroxyl groups is 1. The van der Waals surface area contributed by atoms with Crippen molar-refractivity contribution in [1.82, 2.24) is 0 Å². The van der Waals surface area contributed by atoms with Crippen LogP contribution in [0.4, 0.5) is 5.69 Å². The molecule has 7 heteroatoms. The molecular formula is C19H20N2O5. The Bertz CT molecular complexity index is 863. The third-order valence-electron chi connectivity index (χ3n) is 4.09. The van der Waals surface area contributed by atoms with Gasteiger partial charge in [0.15, 0.2) is 0 Å². The highest BCUT2D eigenvalue weighted by molar-refractivity contribution is 5.84. The van der Waals surface area contributed by atoms with E-state index in [0.717, 1.165) is 29.0 Å². The first-order chi connectivity index (χ1) is 12.5. The van der Waals surface area contributed by atoms with Crippen LogP contribution in [-0.2, 0) is 13.0 Å². The third-order valence-corrected chi connectivity index (χ3v) is 4.09. The number of aliphatic imine (C=N–C) groups is 1. The second kappa shape index (κ2) is 7.43. The molecule has 2 aromatic rings. The van der Waals surface area contributed by atoms with Gasteiger partial charge in [-0.15, -0.1) is 0 Å². The van der Waals surface area contributed by atoms with Crippen LogP contribution in [0.15, 0.2) is 35.3 Å². The summed E-state index contributed by atoms with van der Waals surface area (Å²) in [4.78, 5) is 14.7. The molecule has 0 bridgehead atoms. The predicted octanol–water partition coefficient (Wildman–Crippen LogP) is 3.64. The maximum absolute atomic E-state index is 10.9. The number of nitro benzene ring substituents is 1. The van der Waals surface area contributed by atoms with Crippen LogP contribution in [0.5, 0.6) is 17.2 Å². The predicted molar refractivity (Wildman–Crippen MR) is 97.5 cm³/mol. The first-order valence-corrected chi connectivity index (χ1v) is 8.40. The van der Waals surface area contributed by atoms with Gasteiger partial charge in [0.05, 0.1) is 18.1 Å². The van der Waals surface area contributed by atoms with Crippen molar-refractivity contribution >= 4 is 11.9 Å². The molecule has 0 aromatic heterocycles. The summed E-state index contributed by atoms with van der Waals surface area (Å²) >= 11 is 0. The fraction of sp³-hybridized carbons (Fsp3) is 0.316. The van der Waals surface area contributed by atoms with Crippen molar-refractivity contribution in [2.45, 2.75) is 32.9 Å². The second-order valence-corrected chi connectivity index (χ2v) is 6.10. The number of benzene rings is 2. The Kier molecular flexibility index (Phi) is 5.06. The number of hydrogen-bond acceptors (Lipinski definition) is 6. The molecule has 0 fully saturated rings. The van der Waals surface area contributed by atoms with Crippen LogP contribution in [0.25, 0.3) is 0 Å². The average Bonchev–Trinajstić information content (AvgIpc) is 2.95. The molecule has 1 aliphatic rings. The lowest BCUT2D eigenvalue weighted by Crippen LogP contribution is -2.05. The minimum atomic E-state index is -0.511. The van der Waals surface area contributed by atoms with E-state index in [1.54, 1.807) is 0 Å². The number of phenols is 1. The summed E-state index contributed by atoms with van der Waals surface area (Å²) in [5.41, 5.74) is 2.17. The highest BCUT2D eigenvalue weighted by Crippen LogP contribution is 2.35. The molecule has 3 rings (SSSR count). The molecule has 0 unspecified atom stereocenters. The average molecular weight is 356 g/mol. The number of fused-ring (bicyclic) bond motifs is 1. The van der Waals surface area contributed by atoms with Gasteiger partial charge in [-0.1, -0.05) is 0 Å². The highest BCUT2D eigenvalue weighted by atomic mass is 16.6. The molecule has 1 atom stereocenters. The molecule has 0 amide bonds. The summed E-state index contributed by atoms with van der Waals surface area (Å²) in [5.74, 6) is 1.53. The molecule has 26 heavy (non-hydrogen) atoms. The Morgan fingerprint density at radius 2 is 2.23 bits per heavy atom. The Labute approximate surface area is 151 Å².